The zero-order valence-electron chi connectivity index (χ0n) is 7.96. The molecule has 1 rings (SSSR count). The second-order valence-electron chi connectivity index (χ2n) is 2.62. The Morgan fingerprint density at radius 2 is 1.62 bits per heavy atom. The topological polar surface area (TPSA) is 44.5 Å². The van der Waals surface area contributed by atoms with Gasteiger partial charge in [0.2, 0.25) is 0 Å². The molecule has 0 spiro atoms. The third-order valence-electron chi connectivity index (χ3n) is 1.72. The van der Waals surface area contributed by atoms with Crippen molar-refractivity contribution in [2.24, 2.45) is 5.14 Å². The van der Waals surface area contributed by atoms with E-state index in [1.807, 2.05) is 19.1 Å². The van der Waals surface area contributed by atoms with E-state index in [1.165, 1.54) is 0 Å². The summed E-state index contributed by atoms with van der Waals surface area (Å²) in [5.74, 6) is 1.51. The molecule has 3 nitrogen and oxygen atoms in total. The monoisotopic (exact) mass is 199 g/mol. The summed E-state index contributed by atoms with van der Waals surface area (Å²) in [5.41, 5.74) is 1.09. The molecule has 0 aromatic heterocycles. The van der Waals surface area contributed by atoms with Crippen molar-refractivity contribution in [1.82, 2.24) is 0 Å². The highest BCUT2D eigenvalue weighted by molar-refractivity contribution is 7.97. The van der Waals surface area contributed by atoms with Crippen LogP contribution < -0.4 is 14.6 Å². The van der Waals surface area contributed by atoms with Gasteiger partial charge in [0.05, 0.1) is 14.2 Å². The molecular formula is C9H13NO2S. The number of benzene rings is 1. The summed E-state index contributed by atoms with van der Waals surface area (Å²) >= 11 is 1.13. The van der Waals surface area contributed by atoms with Crippen LogP contribution in [0.4, 0.5) is 0 Å². The Balaban J connectivity index is 3.25. The fourth-order valence-corrected chi connectivity index (χ4v) is 1.64. The highest BCUT2D eigenvalue weighted by Crippen LogP contribution is 2.36. The van der Waals surface area contributed by atoms with E-state index in [2.05, 4.69) is 0 Å². The second-order valence-corrected chi connectivity index (χ2v) is 3.26. The summed E-state index contributed by atoms with van der Waals surface area (Å²) in [7, 11) is 3.24. The highest BCUT2D eigenvalue weighted by Gasteiger charge is 2.09. The van der Waals surface area contributed by atoms with Crippen LogP contribution in [0.15, 0.2) is 17.0 Å². The third-order valence-corrected chi connectivity index (χ3v) is 2.36. The molecule has 72 valence electrons. The molecule has 13 heavy (non-hydrogen) atoms. The van der Waals surface area contributed by atoms with E-state index in [0.29, 0.717) is 0 Å². The Morgan fingerprint density at radius 3 is 1.92 bits per heavy atom. The van der Waals surface area contributed by atoms with Gasteiger partial charge in [0, 0.05) is 0 Å². The number of ether oxygens (including phenoxy) is 2. The number of hydrogen-bond donors (Lipinski definition) is 1. The molecule has 2 N–H and O–H groups in total. The molecule has 0 aliphatic carbocycles. The van der Waals surface area contributed by atoms with Gasteiger partial charge in [-0.3, -0.25) is 5.14 Å². The molecule has 1 aromatic rings. The lowest BCUT2D eigenvalue weighted by Crippen LogP contribution is -1.94. The fraction of sp³-hybridized carbons (Fsp3) is 0.333. The number of rotatable bonds is 3. The molecule has 1 aromatic carbocycles. The van der Waals surface area contributed by atoms with Crippen LogP contribution in [0.3, 0.4) is 0 Å². The summed E-state index contributed by atoms with van der Waals surface area (Å²) in [6.07, 6.45) is 0. The van der Waals surface area contributed by atoms with Crippen LogP contribution in [-0.2, 0) is 0 Å². The van der Waals surface area contributed by atoms with Gasteiger partial charge in [-0.25, -0.2) is 0 Å². The number of nitrogens with two attached hydrogens (primary N) is 1. The van der Waals surface area contributed by atoms with E-state index in [0.717, 1.165) is 33.9 Å². The van der Waals surface area contributed by atoms with Gasteiger partial charge in [-0.2, -0.15) is 0 Å². The average Bonchev–Trinajstić information content (AvgIpc) is 2.16. The first-order valence-electron chi connectivity index (χ1n) is 3.82. The summed E-state index contributed by atoms with van der Waals surface area (Å²) in [5, 5.41) is 5.51. The van der Waals surface area contributed by atoms with E-state index in [9.17, 15) is 0 Å². The molecule has 0 fully saturated rings. The SMILES string of the molecule is COc1cc(C)cc(OC)c1SN. The zero-order chi connectivity index (χ0) is 9.84. The van der Waals surface area contributed by atoms with E-state index in [-0.39, 0.29) is 0 Å². The van der Waals surface area contributed by atoms with Crippen LogP contribution >= 0.6 is 11.9 Å². The van der Waals surface area contributed by atoms with Gasteiger partial charge < -0.3 is 9.47 Å². The fourth-order valence-electron chi connectivity index (χ4n) is 1.13. The molecule has 0 amide bonds. The van der Waals surface area contributed by atoms with Crippen molar-refractivity contribution in [2.75, 3.05) is 14.2 Å². The Morgan fingerprint density at radius 1 is 1.15 bits per heavy atom. The van der Waals surface area contributed by atoms with Gasteiger partial charge in [-0.05, 0) is 36.6 Å². The van der Waals surface area contributed by atoms with Gasteiger partial charge in [-0.1, -0.05) is 0 Å². The van der Waals surface area contributed by atoms with Gasteiger partial charge in [0.25, 0.3) is 0 Å². The van der Waals surface area contributed by atoms with Gasteiger partial charge >= 0.3 is 0 Å². The zero-order valence-corrected chi connectivity index (χ0v) is 8.77. The predicted molar refractivity (Wildman–Crippen MR) is 54.3 cm³/mol. The maximum Gasteiger partial charge on any atom is 0.137 e. The molecule has 0 atom stereocenters. The molecule has 0 bridgehead atoms. The minimum absolute atomic E-state index is 0.754. The minimum Gasteiger partial charge on any atom is -0.495 e. The Labute approximate surface area is 82.4 Å². The van der Waals surface area contributed by atoms with Crippen LogP contribution in [-0.4, -0.2) is 14.2 Å². The molecule has 4 heteroatoms. The van der Waals surface area contributed by atoms with Crippen molar-refractivity contribution in [3.05, 3.63) is 17.7 Å². The average molecular weight is 199 g/mol. The summed E-state index contributed by atoms with van der Waals surface area (Å²) in [6.45, 7) is 1.98. The smallest absolute Gasteiger partial charge is 0.137 e. The number of methoxy groups -OCH3 is 2. The number of hydrogen-bond acceptors (Lipinski definition) is 4. The van der Waals surface area contributed by atoms with Crippen LogP contribution in [0.25, 0.3) is 0 Å². The minimum atomic E-state index is 0.754. The molecule has 0 unspecified atom stereocenters. The van der Waals surface area contributed by atoms with E-state index < -0.39 is 0 Å². The molecule has 0 heterocycles. The van der Waals surface area contributed by atoms with E-state index in [1.54, 1.807) is 14.2 Å². The van der Waals surface area contributed by atoms with Crippen LogP contribution in [0.1, 0.15) is 5.56 Å². The van der Waals surface area contributed by atoms with Gasteiger partial charge in [0.1, 0.15) is 16.4 Å². The summed E-state index contributed by atoms with van der Waals surface area (Å²) in [4.78, 5) is 0.829. The lowest BCUT2D eigenvalue weighted by molar-refractivity contribution is 0.376. The van der Waals surface area contributed by atoms with Crippen LogP contribution in [0, 0.1) is 6.92 Å². The largest absolute Gasteiger partial charge is 0.495 e. The standard InChI is InChI=1S/C9H13NO2S/c1-6-4-7(11-2)9(13-10)8(5-6)12-3/h4-5H,10H2,1-3H3. The van der Waals surface area contributed by atoms with Crippen molar-refractivity contribution < 1.29 is 9.47 Å². The molecule has 0 radical (unpaired) electrons. The van der Waals surface area contributed by atoms with E-state index >= 15 is 0 Å². The Hall–Kier alpha value is -0.870. The predicted octanol–water partition coefficient (Wildman–Crippen LogP) is 1.98. The molecule has 0 aliphatic heterocycles. The molecule has 0 saturated heterocycles. The van der Waals surface area contributed by atoms with Crippen molar-refractivity contribution in [1.29, 1.82) is 0 Å². The highest BCUT2D eigenvalue weighted by atomic mass is 32.2. The molecular weight excluding hydrogens is 186 g/mol. The molecule has 0 saturated carbocycles. The summed E-state index contributed by atoms with van der Waals surface area (Å²) in [6, 6.07) is 3.86. The number of aryl methyl sites for hydroxylation is 1. The van der Waals surface area contributed by atoms with Crippen molar-refractivity contribution in [2.45, 2.75) is 11.8 Å². The van der Waals surface area contributed by atoms with Crippen LogP contribution in [0.5, 0.6) is 11.5 Å². The first-order valence-corrected chi connectivity index (χ1v) is 4.70. The Kier molecular flexibility index (Phi) is 3.45. The third kappa shape index (κ3) is 2.08. The quantitative estimate of drug-likeness (QED) is 0.756. The first kappa shape index (κ1) is 10.2. The van der Waals surface area contributed by atoms with Crippen molar-refractivity contribution in [3.63, 3.8) is 0 Å². The van der Waals surface area contributed by atoms with Crippen molar-refractivity contribution in [3.8, 4) is 11.5 Å². The lowest BCUT2D eigenvalue weighted by Gasteiger charge is -2.11. The van der Waals surface area contributed by atoms with E-state index in [4.69, 9.17) is 14.6 Å². The maximum atomic E-state index is 5.51. The molecule has 0 aliphatic rings. The van der Waals surface area contributed by atoms with Gasteiger partial charge in [-0.15, -0.1) is 0 Å². The van der Waals surface area contributed by atoms with Gasteiger partial charge in [0.15, 0.2) is 0 Å². The lowest BCUT2D eigenvalue weighted by atomic mass is 10.2. The normalized spacial score (nSPS) is 9.85. The van der Waals surface area contributed by atoms with Crippen molar-refractivity contribution >= 4 is 11.9 Å². The summed E-state index contributed by atoms with van der Waals surface area (Å²) < 4.78 is 10.4. The maximum absolute atomic E-state index is 5.51. The first-order chi connectivity index (χ1) is 6.22. The van der Waals surface area contributed by atoms with Crippen LogP contribution in [0.2, 0.25) is 0 Å². The Bertz CT molecular complexity index is 277. The second kappa shape index (κ2) is 4.39.